The van der Waals surface area contributed by atoms with Gasteiger partial charge < -0.3 is 0 Å². The first-order valence-electron chi connectivity index (χ1n) is 9.35. The van der Waals surface area contributed by atoms with E-state index in [1.165, 1.54) is 19.3 Å². The normalized spacial score (nSPS) is 54.6. The van der Waals surface area contributed by atoms with Crippen molar-refractivity contribution in [2.75, 3.05) is 0 Å². The highest BCUT2D eigenvalue weighted by Gasteiger charge is 2.63. The molecule has 0 aromatic carbocycles. The van der Waals surface area contributed by atoms with Crippen LogP contribution >= 0.6 is 0 Å². The molecule has 4 fully saturated rings. The van der Waals surface area contributed by atoms with Crippen molar-refractivity contribution in [3.05, 3.63) is 0 Å². The van der Waals surface area contributed by atoms with Gasteiger partial charge in [0.2, 0.25) is 0 Å². The van der Waals surface area contributed by atoms with Gasteiger partial charge in [-0.25, -0.2) is 0 Å². The number of rotatable bonds is 0. The summed E-state index contributed by atoms with van der Waals surface area (Å²) in [5.74, 6) is 3.11. The van der Waals surface area contributed by atoms with Gasteiger partial charge in [0.1, 0.15) is 11.6 Å². The second-order valence-corrected chi connectivity index (χ2v) is 9.53. The van der Waals surface area contributed by atoms with E-state index in [0.29, 0.717) is 22.9 Å². The predicted octanol–water partition coefficient (Wildman–Crippen LogP) is 4.56. The van der Waals surface area contributed by atoms with Gasteiger partial charge in [-0.05, 0) is 67.1 Å². The third-order valence-electron chi connectivity index (χ3n) is 8.88. The van der Waals surface area contributed by atoms with Gasteiger partial charge >= 0.3 is 0 Å². The molecule has 0 saturated heterocycles. The topological polar surface area (TPSA) is 34.1 Å². The third-order valence-corrected chi connectivity index (χ3v) is 8.88. The fourth-order valence-electron chi connectivity index (χ4n) is 7.17. The Morgan fingerprint density at radius 3 is 2.41 bits per heavy atom. The monoisotopic (exact) mass is 302 g/mol. The smallest absolute Gasteiger partial charge is 0.139 e. The average Bonchev–Trinajstić information content (AvgIpc) is 2.76. The second-order valence-electron chi connectivity index (χ2n) is 9.53. The highest BCUT2D eigenvalue weighted by molar-refractivity contribution is 5.87. The summed E-state index contributed by atoms with van der Waals surface area (Å²) in [7, 11) is 0. The highest BCUT2D eigenvalue weighted by Crippen LogP contribution is 2.68. The summed E-state index contributed by atoms with van der Waals surface area (Å²) in [4.78, 5) is 24.5. The summed E-state index contributed by atoms with van der Waals surface area (Å²) >= 11 is 0. The number of hydrogen-bond acceptors (Lipinski definition) is 2. The molecule has 0 aromatic rings. The van der Waals surface area contributed by atoms with Gasteiger partial charge in [-0.2, -0.15) is 0 Å². The summed E-state index contributed by atoms with van der Waals surface area (Å²) < 4.78 is 0. The lowest BCUT2D eigenvalue weighted by atomic mass is 9.41. The average molecular weight is 302 g/mol. The minimum Gasteiger partial charge on any atom is -0.300 e. The molecule has 4 rings (SSSR count). The molecule has 0 radical (unpaired) electrons. The maximum absolute atomic E-state index is 12.4. The molecule has 0 unspecified atom stereocenters. The molecule has 0 bridgehead atoms. The predicted molar refractivity (Wildman–Crippen MR) is 86.4 cm³/mol. The fourth-order valence-corrected chi connectivity index (χ4v) is 7.17. The Hall–Kier alpha value is -0.660. The highest BCUT2D eigenvalue weighted by atomic mass is 16.1. The molecular weight excluding hydrogens is 272 g/mol. The second kappa shape index (κ2) is 4.45. The molecule has 0 spiro atoms. The van der Waals surface area contributed by atoms with E-state index in [9.17, 15) is 9.59 Å². The van der Waals surface area contributed by atoms with E-state index in [1.54, 1.807) is 0 Å². The Kier molecular flexibility index (Phi) is 3.02. The molecule has 0 aliphatic heterocycles. The maximum atomic E-state index is 12.4. The molecular formula is C20H30O2. The molecule has 4 aliphatic rings. The quantitative estimate of drug-likeness (QED) is 0.657. The van der Waals surface area contributed by atoms with E-state index in [-0.39, 0.29) is 10.8 Å². The Morgan fingerprint density at radius 2 is 1.64 bits per heavy atom. The Balaban J connectivity index is 1.69. The molecule has 0 N–H and O–H groups in total. The van der Waals surface area contributed by atoms with Crippen molar-refractivity contribution in [3.8, 4) is 0 Å². The summed E-state index contributed by atoms with van der Waals surface area (Å²) in [6.07, 6.45) is 9.36. The van der Waals surface area contributed by atoms with Crippen molar-refractivity contribution in [1.82, 2.24) is 0 Å². The van der Waals surface area contributed by atoms with Crippen LogP contribution < -0.4 is 0 Å². The van der Waals surface area contributed by atoms with Gasteiger partial charge in [-0.3, -0.25) is 9.59 Å². The molecule has 4 aliphatic carbocycles. The van der Waals surface area contributed by atoms with E-state index in [2.05, 4.69) is 20.8 Å². The molecule has 4 saturated carbocycles. The minimum atomic E-state index is -0.0181. The summed E-state index contributed by atoms with van der Waals surface area (Å²) in [5.41, 5.74) is 0.506. The number of Topliss-reactive ketones (excluding diaryl/α,β-unsaturated/α-hetero) is 2. The van der Waals surface area contributed by atoms with Crippen LogP contribution in [0.2, 0.25) is 0 Å². The molecule has 22 heavy (non-hydrogen) atoms. The van der Waals surface area contributed by atoms with E-state index >= 15 is 0 Å². The van der Waals surface area contributed by atoms with Crippen LogP contribution in [0.25, 0.3) is 0 Å². The van der Waals surface area contributed by atoms with Crippen LogP contribution in [0.1, 0.15) is 78.6 Å². The van der Waals surface area contributed by atoms with Crippen LogP contribution in [0.4, 0.5) is 0 Å². The third kappa shape index (κ3) is 1.67. The van der Waals surface area contributed by atoms with Crippen molar-refractivity contribution in [2.45, 2.75) is 78.6 Å². The number of carbonyl (C=O) groups excluding carboxylic acids is 2. The molecule has 2 heteroatoms. The van der Waals surface area contributed by atoms with E-state index in [4.69, 9.17) is 0 Å². The zero-order valence-electron chi connectivity index (χ0n) is 14.4. The van der Waals surface area contributed by atoms with Crippen LogP contribution in [0.5, 0.6) is 0 Å². The van der Waals surface area contributed by atoms with E-state index in [0.717, 1.165) is 50.4 Å². The van der Waals surface area contributed by atoms with Crippen LogP contribution in [0, 0.1) is 34.0 Å². The maximum Gasteiger partial charge on any atom is 0.139 e. The Bertz CT molecular complexity index is 538. The first-order chi connectivity index (χ1) is 10.3. The Morgan fingerprint density at radius 1 is 0.864 bits per heavy atom. The van der Waals surface area contributed by atoms with Crippen molar-refractivity contribution in [1.29, 1.82) is 0 Å². The first kappa shape index (κ1) is 14.9. The summed E-state index contributed by atoms with van der Waals surface area (Å²) in [6, 6.07) is 0. The van der Waals surface area contributed by atoms with Gasteiger partial charge in [-0.1, -0.05) is 20.8 Å². The number of fused-ring (bicyclic) bond motifs is 5. The minimum absolute atomic E-state index is 0.0181. The van der Waals surface area contributed by atoms with Crippen molar-refractivity contribution >= 4 is 11.6 Å². The SMILES string of the molecule is C[C@]12CC[C@H]3[C@@H]4CCC(=O)[C@@]4(C)CC[C@@H]3[C@@]1(C)CCC(=O)C2. The first-order valence-corrected chi connectivity index (χ1v) is 9.35. The van der Waals surface area contributed by atoms with Gasteiger partial charge in [-0.15, -0.1) is 0 Å². The zero-order valence-corrected chi connectivity index (χ0v) is 14.4. The number of carbonyl (C=O) groups is 2. The number of ketones is 2. The summed E-state index contributed by atoms with van der Waals surface area (Å²) in [6.45, 7) is 7.12. The standard InChI is InChI=1S/C20H30O2/c1-18-9-7-14-15-4-5-17(22)19(15,2)10-8-16(14)20(18,3)11-6-13(21)12-18/h14-16H,4-12H2,1-3H3/t14-,15-,16-,18+,19-,20+/m0/s1. The molecule has 122 valence electrons. The largest absolute Gasteiger partial charge is 0.300 e. The molecule has 0 amide bonds. The van der Waals surface area contributed by atoms with Crippen LogP contribution in [-0.2, 0) is 9.59 Å². The van der Waals surface area contributed by atoms with Gasteiger partial charge in [0.25, 0.3) is 0 Å². The van der Waals surface area contributed by atoms with E-state index in [1.807, 2.05) is 0 Å². The van der Waals surface area contributed by atoms with Gasteiger partial charge in [0.05, 0.1) is 0 Å². The molecule has 0 heterocycles. The Labute approximate surface area is 134 Å². The van der Waals surface area contributed by atoms with Crippen LogP contribution in [-0.4, -0.2) is 11.6 Å². The van der Waals surface area contributed by atoms with Gasteiger partial charge in [0, 0.05) is 24.7 Å². The van der Waals surface area contributed by atoms with Gasteiger partial charge in [0.15, 0.2) is 0 Å². The van der Waals surface area contributed by atoms with Crippen molar-refractivity contribution in [2.24, 2.45) is 34.0 Å². The van der Waals surface area contributed by atoms with Crippen LogP contribution in [0.3, 0.4) is 0 Å². The molecule has 0 aromatic heterocycles. The summed E-state index contributed by atoms with van der Waals surface area (Å²) in [5, 5.41) is 0. The van der Waals surface area contributed by atoms with Crippen molar-refractivity contribution in [3.63, 3.8) is 0 Å². The lowest BCUT2D eigenvalue weighted by Gasteiger charge is -2.63. The molecule has 2 nitrogen and oxygen atoms in total. The fraction of sp³-hybridized carbons (Fsp3) is 0.900. The van der Waals surface area contributed by atoms with E-state index < -0.39 is 0 Å². The molecule has 6 atom stereocenters. The number of hydrogen-bond donors (Lipinski definition) is 0. The zero-order chi connectivity index (χ0) is 15.8. The lowest BCUT2D eigenvalue weighted by molar-refractivity contribution is -0.163. The lowest BCUT2D eigenvalue weighted by Crippen LogP contribution is -2.57. The van der Waals surface area contributed by atoms with Crippen molar-refractivity contribution < 1.29 is 9.59 Å². The van der Waals surface area contributed by atoms with Crippen LogP contribution in [0.15, 0.2) is 0 Å².